The summed E-state index contributed by atoms with van der Waals surface area (Å²) in [6, 6.07) is -0.0459. The summed E-state index contributed by atoms with van der Waals surface area (Å²) in [6.07, 6.45) is 2.65. The molecule has 1 aliphatic rings. The van der Waals surface area contributed by atoms with E-state index in [-0.39, 0.29) is 24.7 Å². The standard InChI is InChI=1S/C12H18N2O3S/c1-8(4-5-15)13-11(16)9-7-18-12(14-9)10-3-2-6-17-10/h7-8,10,15H,2-6H2,1H3,(H,13,16). The van der Waals surface area contributed by atoms with Gasteiger partial charge in [-0.2, -0.15) is 0 Å². The van der Waals surface area contributed by atoms with Gasteiger partial charge in [-0.25, -0.2) is 4.98 Å². The molecule has 2 heterocycles. The molecule has 2 atom stereocenters. The SMILES string of the molecule is CC(CCO)NC(=O)c1csc(C2CCCO2)n1. The van der Waals surface area contributed by atoms with Gasteiger partial charge in [-0.15, -0.1) is 11.3 Å². The predicted molar refractivity (Wildman–Crippen MR) is 68.7 cm³/mol. The maximum atomic E-state index is 11.9. The summed E-state index contributed by atoms with van der Waals surface area (Å²) in [5, 5.41) is 14.2. The van der Waals surface area contributed by atoms with E-state index < -0.39 is 0 Å². The number of hydrogen-bond donors (Lipinski definition) is 2. The Balaban J connectivity index is 1.94. The van der Waals surface area contributed by atoms with E-state index in [1.54, 1.807) is 5.38 Å². The summed E-state index contributed by atoms with van der Waals surface area (Å²) in [7, 11) is 0. The third kappa shape index (κ3) is 3.28. The molecule has 1 fully saturated rings. The number of ether oxygens (including phenoxy) is 1. The Labute approximate surface area is 110 Å². The Kier molecular flexibility index (Phi) is 4.68. The number of amides is 1. The van der Waals surface area contributed by atoms with Crippen LogP contribution in [0.1, 0.15) is 47.8 Å². The van der Waals surface area contributed by atoms with Crippen molar-refractivity contribution in [2.45, 2.75) is 38.3 Å². The molecule has 1 aliphatic heterocycles. The minimum absolute atomic E-state index is 0.0459. The van der Waals surface area contributed by atoms with Crippen LogP contribution in [0, 0.1) is 0 Å². The first kappa shape index (κ1) is 13.5. The van der Waals surface area contributed by atoms with Crippen molar-refractivity contribution in [2.24, 2.45) is 0 Å². The lowest BCUT2D eigenvalue weighted by Gasteiger charge is -2.10. The highest BCUT2D eigenvalue weighted by Gasteiger charge is 2.22. The molecule has 0 saturated carbocycles. The number of carbonyl (C=O) groups excluding carboxylic acids is 1. The Morgan fingerprint density at radius 3 is 3.28 bits per heavy atom. The minimum atomic E-state index is -0.184. The molecular formula is C12H18N2O3S. The molecule has 1 aromatic heterocycles. The zero-order chi connectivity index (χ0) is 13.0. The monoisotopic (exact) mass is 270 g/mol. The number of thiazole rings is 1. The molecule has 0 bridgehead atoms. The van der Waals surface area contributed by atoms with E-state index >= 15 is 0 Å². The third-order valence-electron chi connectivity index (χ3n) is 2.90. The Bertz CT molecular complexity index is 402. The molecule has 18 heavy (non-hydrogen) atoms. The van der Waals surface area contributed by atoms with Crippen LogP contribution in [-0.4, -0.2) is 35.3 Å². The predicted octanol–water partition coefficient (Wildman–Crippen LogP) is 1.50. The van der Waals surface area contributed by atoms with Gasteiger partial charge < -0.3 is 15.2 Å². The maximum Gasteiger partial charge on any atom is 0.270 e. The summed E-state index contributed by atoms with van der Waals surface area (Å²) in [6.45, 7) is 2.71. The van der Waals surface area contributed by atoms with E-state index in [4.69, 9.17) is 9.84 Å². The summed E-state index contributed by atoms with van der Waals surface area (Å²) in [5.74, 6) is -0.184. The number of aliphatic hydroxyl groups is 1. The average molecular weight is 270 g/mol. The van der Waals surface area contributed by atoms with Crippen LogP contribution in [0.2, 0.25) is 0 Å². The molecule has 1 amide bonds. The molecule has 1 aromatic rings. The summed E-state index contributed by atoms with van der Waals surface area (Å²) in [4.78, 5) is 16.2. The van der Waals surface area contributed by atoms with Crippen molar-refractivity contribution < 1.29 is 14.6 Å². The second-order valence-electron chi connectivity index (χ2n) is 4.46. The van der Waals surface area contributed by atoms with Gasteiger partial charge in [0.2, 0.25) is 0 Å². The number of aromatic nitrogens is 1. The first-order valence-electron chi connectivity index (χ1n) is 6.19. The van der Waals surface area contributed by atoms with Crippen LogP contribution in [0.4, 0.5) is 0 Å². The van der Waals surface area contributed by atoms with Crippen molar-refractivity contribution in [3.05, 3.63) is 16.1 Å². The molecule has 0 radical (unpaired) electrons. The van der Waals surface area contributed by atoms with Crippen LogP contribution < -0.4 is 5.32 Å². The van der Waals surface area contributed by atoms with Crippen LogP contribution >= 0.6 is 11.3 Å². The molecule has 100 valence electrons. The quantitative estimate of drug-likeness (QED) is 0.850. The van der Waals surface area contributed by atoms with Gasteiger partial charge in [-0.1, -0.05) is 0 Å². The molecule has 2 unspecified atom stereocenters. The molecule has 0 spiro atoms. The van der Waals surface area contributed by atoms with Crippen molar-refractivity contribution in [2.75, 3.05) is 13.2 Å². The fraction of sp³-hybridized carbons (Fsp3) is 0.667. The first-order chi connectivity index (χ1) is 8.70. The first-order valence-corrected chi connectivity index (χ1v) is 7.07. The van der Waals surface area contributed by atoms with E-state index in [9.17, 15) is 4.79 Å². The molecule has 0 aliphatic carbocycles. The normalized spacial score (nSPS) is 20.9. The fourth-order valence-electron chi connectivity index (χ4n) is 1.88. The Morgan fingerprint density at radius 1 is 1.78 bits per heavy atom. The lowest BCUT2D eigenvalue weighted by Crippen LogP contribution is -2.33. The topological polar surface area (TPSA) is 71.5 Å². The molecule has 6 heteroatoms. The smallest absolute Gasteiger partial charge is 0.270 e. The van der Waals surface area contributed by atoms with E-state index in [0.717, 1.165) is 24.5 Å². The second kappa shape index (κ2) is 6.26. The number of rotatable bonds is 5. The molecular weight excluding hydrogens is 252 g/mol. The van der Waals surface area contributed by atoms with Crippen LogP contribution in [0.3, 0.4) is 0 Å². The highest BCUT2D eigenvalue weighted by molar-refractivity contribution is 7.09. The number of nitrogens with one attached hydrogen (secondary N) is 1. The lowest BCUT2D eigenvalue weighted by atomic mass is 10.2. The highest BCUT2D eigenvalue weighted by atomic mass is 32.1. The van der Waals surface area contributed by atoms with Gasteiger partial charge in [0.25, 0.3) is 5.91 Å². The van der Waals surface area contributed by atoms with Gasteiger partial charge in [0.1, 0.15) is 16.8 Å². The fourth-order valence-corrected chi connectivity index (χ4v) is 2.76. The molecule has 2 rings (SSSR count). The van der Waals surface area contributed by atoms with Gasteiger partial charge >= 0.3 is 0 Å². The van der Waals surface area contributed by atoms with E-state index in [1.165, 1.54) is 11.3 Å². The van der Waals surface area contributed by atoms with Gasteiger partial charge in [-0.3, -0.25) is 4.79 Å². The maximum absolute atomic E-state index is 11.9. The van der Waals surface area contributed by atoms with Crippen molar-refractivity contribution in [1.82, 2.24) is 10.3 Å². The average Bonchev–Trinajstić information content (AvgIpc) is 3.00. The van der Waals surface area contributed by atoms with Crippen molar-refractivity contribution >= 4 is 17.2 Å². The van der Waals surface area contributed by atoms with Gasteiger partial charge in [0.05, 0.1) is 0 Å². The van der Waals surface area contributed by atoms with Crippen LogP contribution in [0.15, 0.2) is 5.38 Å². The molecule has 5 nitrogen and oxygen atoms in total. The summed E-state index contributed by atoms with van der Waals surface area (Å²) < 4.78 is 5.53. The number of nitrogens with zero attached hydrogens (tertiary/aromatic N) is 1. The van der Waals surface area contributed by atoms with Crippen LogP contribution in [-0.2, 0) is 4.74 Å². The van der Waals surface area contributed by atoms with Crippen LogP contribution in [0.25, 0.3) is 0 Å². The summed E-state index contributed by atoms with van der Waals surface area (Å²) >= 11 is 1.47. The van der Waals surface area contributed by atoms with Gasteiger partial charge in [-0.05, 0) is 26.2 Å². The van der Waals surface area contributed by atoms with Crippen molar-refractivity contribution in [3.63, 3.8) is 0 Å². The zero-order valence-electron chi connectivity index (χ0n) is 10.4. The summed E-state index contributed by atoms with van der Waals surface area (Å²) in [5.41, 5.74) is 0.440. The highest BCUT2D eigenvalue weighted by Crippen LogP contribution is 2.30. The van der Waals surface area contributed by atoms with Gasteiger partial charge in [0, 0.05) is 24.6 Å². The number of carbonyl (C=O) groups is 1. The Hall–Kier alpha value is -0.980. The largest absolute Gasteiger partial charge is 0.396 e. The van der Waals surface area contributed by atoms with E-state index in [1.807, 2.05) is 6.92 Å². The second-order valence-corrected chi connectivity index (χ2v) is 5.35. The van der Waals surface area contributed by atoms with Crippen LogP contribution in [0.5, 0.6) is 0 Å². The zero-order valence-corrected chi connectivity index (χ0v) is 11.2. The molecule has 2 N–H and O–H groups in total. The van der Waals surface area contributed by atoms with Crippen molar-refractivity contribution in [1.29, 1.82) is 0 Å². The Morgan fingerprint density at radius 2 is 2.61 bits per heavy atom. The lowest BCUT2D eigenvalue weighted by molar-refractivity contribution is 0.0927. The van der Waals surface area contributed by atoms with E-state index in [2.05, 4.69) is 10.3 Å². The molecule has 0 aromatic carbocycles. The number of aliphatic hydroxyl groups excluding tert-OH is 1. The van der Waals surface area contributed by atoms with Gasteiger partial charge in [0.15, 0.2) is 0 Å². The van der Waals surface area contributed by atoms with E-state index in [0.29, 0.717) is 12.1 Å². The molecule has 1 saturated heterocycles. The number of hydrogen-bond acceptors (Lipinski definition) is 5. The third-order valence-corrected chi connectivity index (χ3v) is 3.84. The van der Waals surface area contributed by atoms with Crippen molar-refractivity contribution in [3.8, 4) is 0 Å². The minimum Gasteiger partial charge on any atom is -0.396 e.